The van der Waals surface area contributed by atoms with Crippen LogP contribution >= 0.6 is 11.6 Å². The molecule has 2 N–H and O–H groups in total. The third-order valence-electron chi connectivity index (χ3n) is 3.09. The van der Waals surface area contributed by atoms with E-state index in [2.05, 4.69) is 9.97 Å². The number of pyridine rings is 1. The maximum Gasteiger partial charge on any atom is 0.217 e. The van der Waals surface area contributed by atoms with Crippen molar-refractivity contribution in [3.8, 4) is 0 Å². The molecule has 0 bridgehead atoms. The van der Waals surface area contributed by atoms with Gasteiger partial charge in [0.05, 0.1) is 5.88 Å². The summed E-state index contributed by atoms with van der Waals surface area (Å²) in [6.07, 6.45) is 3.81. The molecule has 0 saturated carbocycles. The lowest BCUT2D eigenvalue weighted by Gasteiger charge is -2.06. The van der Waals surface area contributed by atoms with Gasteiger partial charge in [0.25, 0.3) is 0 Å². The summed E-state index contributed by atoms with van der Waals surface area (Å²) in [5.41, 5.74) is 7.97. The number of aromatic nitrogens is 3. The summed E-state index contributed by atoms with van der Waals surface area (Å²) in [5.74, 6) is 0.908. The molecule has 0 aliphatic heterocycles. The number of halogens is 1. The largest absolute Gasteiger partial charge is 0.370 e. The summed E-state index contributed by atoms with van der Waals surface area (Å²) in [6.45, 7) is 2.76. The first kappa shape index (κ1) is 13.8. The molecule has 0 atom stereocenters. The van der Waals surface area contributed by atoms with Gasteiger partial charge >= 0.3 is 0 Å². The number of carbonyl (C=O) groups excluding carboxylic acids is 1. The number of nitrogens with zero attached hydrogens (tertiary/aromatic N) is 3. The van der Waals surface area contributed by atoms with E-state index in [4.69, 9.17) is 17.3 Å². The van der Waals surface area contributed by atoms with Gasteiger partial charge in [-0.2, -0.15) is 0 Å². The molecule has 2 rings (SSSR count). The van der Waals surface area contributed by atoms with Crippen molar-refractivity contribution in [2.45, 2.75) is 38.6 Å². The number of nitrogens with two attached hydrogens (primary N) is 1. The molecular formula is C13H17ClN4O. The van der Waals surface area contributed by atoms with E-state index in [-0.39, 0.29) is 5.91 Å². The second-order valence-corrected chi connectivity index (χ2v) is 4.80. The van der Waals surface area contributed by atoms with Crippen molar-refractivity contribution in [1.82, 2.24) is 14.5 Å². The molecule has 0 fully saturated rings. The summed E-state index contributed by atoms with van der Waals surface area (Å²) in [4.78, 5) is 19.6. The van der Waals surface area contributed by atoms with E-state index in [1.807, 2.05) is 17.6 Å². The highest BCUT2D eigenvalue weighted by Crippen LogP contribution is 2.19. The van der Waals surface area contributed by atoms with E-state index >= 15 is 0 Å². The highest BCUT2D eigenvalue weighted by Gasteiger charge is 2.12. The molecule has 102 valence electrons. The van der Waals surface area contributed by atoms with Crippen LogP contribution in [-0.4, -0.2) is 20.4 Å². The van der Waals surface area contributed by atoms with Crippen molar-refractivity contribution in [2.75, 3.05) is 0 Å². The maximum absolute atomic E-state index is 10.7. The number of hydrogen-bond acceptors (Lipinski definition) is 3. The van der Waals surface area contributed by atoms with Crippen LogP contribution in [-0.2, 0) is 17.2 Å². The minimum Gasteiger partial charge on any atom is -0.370 e. The molecule has 0 spiro atoms. The molecule has 2 heterocycles. The molecular weight excluding hydrogens is 264 g/mol. The molecule has 0 unspecified atom stereocenters. The summed E-state index contributed by atoms with van der Waals surface area (Å²) in [6, 6.07) is 1.94. The minimum absolute atomic E-state index is 0.262. The predicted molar refractivity (Wildman–Crippen MR) is 74.9 cm³/mol. The van der Waals surface area contributed by atoms with Gasteiger partial charge in [0.1, 0.15) is 11.3 Å². The fourth-order valence-corrected chi connectivity index (χ4v) is 2.29. The van der Waals surface area contributed by atoms with Gasteiger partial charge in [0, 0.05) is 19.2 Å². The molecule has 0 saturated heterocycles. The average Bonchev–Trinajstić information content (AvgIpc) is 2.74. The van der Waals surface area contributed by atoms with Crippen molar-refractivity contribution in [2.24, 2.45) is 5.73 Å². The van der Waals surface area contributed by atoms with Crippen molar-refractivity contribution >= 4 is 28.7 Å². The molecule has 1 amide bonds. The second-order valence-electron chi connectivity index (χ2n) is 4.54. The highest BCUT2D eigenvalue weighted by molar-refractivity contribution is 6.16. The van der Waals surface area contributed by atoms with E-state index in [0.29, 0.717) is 12.3 Å². The first-order valence-electron chi connectivity index (χ1n) is 6.28. The van der Waals surface area contributed by atoms with E-state index in [0.717, 1.165) is 41.9 Å². The molecule has 2 aromatic heterocycles. The normalized spacial score (nSPS) is 11.1. The summed E-state index contributed by atoms with van der Waals surface area (Å²) in [5, 5.41) is 0. The lowest BCUT2D eigenvalue weighted by atomic mass is 10.2. The first-order valence-corrected chi connectivity index (χ1v) is 6.82. The van der Waals surface area contributed by atoms with Crippen LogP contribution < -0.4 is 5.73 Å². The minimum atomic E-state index is -0.262. The number of primary amides is 1. The number of rotatable bonds is 6. The molecule has 0 aliphatic carbocycles. The van der Waals surface area contributed by atoms with Crippen LogP contribution in [0.1, 0.15) is 30.7 Å². The zero-order valence-electron chi connectivity index (χ0n) is 10.9. The monoisotopic (exact) mass is 280 g/mol. The van der Waals surface area contributed by atoms with Crippen molar-refractivity contribution in [3.63, 3.8) is 0 Å². The van der Waals surface area contributed by atoms with Gasteiger partial charge in [0.2, 0.25) is 5.91 Å². The predicted octanol–water partition coefficient (Wildman–Crippen LogP) is 2.13. The van der Waals surface area contributed by atoms with E-state index in [9.17, 15) is 4.79 Å². The molecule has 0 aromatic carbocycles. The maximum atomic E-state index is 10.7. The number of fused-ring (bicyclic) bond motifs is 1. The zero-order chi connectivity index (χ0) is 13.8. The Kier molecular flexibility index (Phi) is 4.37. The molecule has 2 aromatic rings. The standard InChI is InChI=1S/C13H17ClN4O/c1-9-5-6-16-13-12(9)17-11(8-14)18(13)7-3-2-4-10(15)19/h5-6H,2-4,7-8H2,1H3,(H2,15,19). The molecule has 19 heavy (non-hydrogen) atoms. The Hall–Kier alpha value is -1.62. The van der Waals surface area contributed by atoms with Crippen molar-refractivity contribution < 1.29 is 4.79 Å². The smallest absolute Gasteiger partial charge is 0.217 e. The van der Waals surface area contributed by atoms with E-state index in [1.165, 1.54) is 0 Å². The summed E-state index contributed by atoms with van der Waals surface area (Å²) >= 11 is 5.93. The molecule has 5 nitrogen and oxygen atoms in total. The van der Waals surface area contributed by atoms with E-state index < -0.39 is 0 Å². The van der Waals surface area contributed by atoms with Gasteiger partial charge < -0.3 is 10.3 Å². The zero-order valence-corrected chi connectivity index (χ0v) is 11.7. The fraction of sp³-hybridized carbons (Fsp3) is 0.462. The Morgan fingerprint density at radius 1 is 1.47 bits per heavy atom. The highest BCUT2D eigenvalue weighted by atomic mass is 35.5. The number of unbranched alkanes of at least 4 members (excludes halogenated alkanes) is 1. The quantitative estimate of drug-likeness (QED) is 0.651. The van der Waals surface area contributed by atoms with Crippen molar-refractivity contribution in [1.29, 1.82) is 0 Å². The van der Waals surface area contributed by atoms with Gasteiger partial charge in [0.15, 0.2) is 5.65 Å². The van der Waals surface area contributed by atoms with E-state index in [1.54, 1.807) is 6.20 Å². The lowest BCUT2D eigenvalue weighted by Crippen LogP contribution is -2.10. The van der Waals surface area contributed by atoms with Gasteiger partial charge in [-0.05, 0) is 31.4 Å². The van der Waals surface area contributed by atoms with Gasteiger partial charge in [-0.1, -0.05) is 0 Å². The summed E-state index contributed by atoms with van der Waals surface area (Å²) < 4.78 is 2.02. The number of carbonyl (C=O) groups is 1. The second kappa shape index (κ2) is 6.02. The van der Waals surface area contributed by atoms with Crippen LogP contribution in [0.15, 0.2) is 12.3 Å². The first-order chi connectivity index (χ1) is 9.13. The van der Waals surface area contributed by atoms with Crippen LogP contribution in [0.3, 0.4) is 0 Å². The lowest BCUT2D eigenvalue weighted by molar-refractivity contribution is -0.118. The Bertz CT molecular complexity index is 594. The van der Waals surface area contributed by atoms with Gasteiger partial charge in [-0.25, -0.2) is 9.97 Å². The van der Waals surface area contributed by atoms with Crippen LogP contribution in [0.25, 0.3) is 11.2 Å². The number of hydrogen-bond donors (Lipinski definition) is 1. The van der Waals surface area contributed by atoms with Crippen LogP contribution in [0.2, 0.25) is 0 Å². The Labute approximate surface area is 116 Å². The van der Waals surface area contributed by atoms with Crippen LogP contribution in [0, 0.1) is 6.92 Å². The number of amides is 1. The van der Waals surface area contributed by atoms with Gasteiger partial charge in [-0.3, -0.25) is 4.79 Å². The molecule has 6 heteroatoms. The number of alkyl halides is 1. The van der Waals surface area contributed by atoms with Crippen LogP contribution in [0.4, 0.5) is 0 Å². The third kappa shape index (κ3) is 3.04. The van der Waals surface area contributed by atoms with Crippen LogP contribution in [0.5, 0.6) is 0 Å². The summed E-state index contributed by atoms with van der Waals surface area (Å²) in [7, 11) is 0. The topological polar surface area (TPSA) is 73.8 Å². The SMILES string of the molecule is Cc1ccnc2c1nc(CCl)n2CCCCC(N)=O. The molecule has 0 aliphatic rings. The van der Waals surface area contributed by atoms with Gasteiger partial charge in [-0.15, -0.1) is 11.6 Å². The Balaban J connectivity index is 2.21. The fourth-order valence-electron chi connectivity index (χ4n) is 2.09. The van der Waals surface area contributed by atoms with Crippen molar-refractivity contribution in [3.05, 3.63) is 23.7 Å². The molecule has 0 radical (unpaired) electrons. The number of imidazole rings is 1. The average molecular weight is 281 g/mol. The Morgan fingerprint density at radius 2 is 2.26 bits per heavy atom. The number of aryl methyl sites for hydroxylation is 2. The third-order valence-corrected chi connectivity index (χ3v) is 3.33. The Morgan fingerprint density at radius 3 is 2.95 bits per heavy atom.